The number of aryl methyl sites for hydroxylation is 1. The van der Waals surface area contributed by atoms with Crippen LogP contribution >= 0.6 is 0 Å². The van der Waals surface area contributed by atoms with Gasteiger partial charge in [0.25, 0.3) is 0 Å². The second kappa shape index (κ2) is 7.54. The van der Waals surface area contributed by atoms with Crippen molar-refractivity contribution >= 4 is 5.97 Å². The van der Waals surface area contributed by atoms with E-state index in [-0.39, 0.29) is 6.42 Å². The first kappa shape index (κ1) is 16.7. The van der Waals surface area contributed by atoms with Gasteiger partial charge < -0.3 is 19.3 Å². The van der Waals surface area contributed by atoms with Crippen molar-refractivity contribution in [2.24, 2.45) is 0 Å². The Morgan fingerprint density at radius 1 is 1.04 bits per heavy atom. The molecular formula is C18H20O5. The quantitative estimate of drug-likeness (QED) is 0.850. The van der Waals surface area contributed by atoms with Crippen LogP contribution in [0.1, 0.15) is 11.1 Å². The van der Waals surface area contributed by atoms with E-state index in [9.17, 15) is 9.90 Å². The summed E-state index contributed by atoms with van der Waals surface area (Å²) in [7, 11) is 3.10. The summed E-state index contributed by atoms with van der Waals surface area (Å²) in [6, 6.07) is 12.5. The predicted octanol–water partition coefficient (Wildman–Crippen LogP) is 3.09. The SMILES string of the molecule is COc1ccc(OC)c(C[C@H](Oc2ccc(C)cc2)C(=O)O)c1. The molecule has 122 valence electrons. The maximum Gasteiger partial charge on any atom is 0.345 e. The second-order valence-corrected chi connectivity index (χ2v) is 5.14. The fourth-order valence-corrected chi connectivity index (χ4v) is 2.20. The van der Waals surface area contributed by atoms with E-state index in [0.29, 0.717) is 22.8 Å². The monoisotopic (exact) mass is 316 g/mol. The van der Waals surface area contributed by atoms with Crippen LogP contribution < -0.4 is 14.2 Å². The Balaban J connectivity index is 2.22. The summed E-state index contributed by atoms with van der Waals surface area (Å²) in [5.41, 5.74) is 1.80. The molecule has 0 amide bonds. The van der Waals surface area contributed by atoms with Gasteiger partial charge in [-0.05, 0) is 37.3 Å². The molecule has 0 unspecified atom stereocenters. The number of benzene rings is 2. The molecule has 0 radical (unpaired) electrons. The highest BCUT2D eigenvalue weighted by molar-refractivity contribution is 5.73. The highest BCUT2D eigenvalue weighted by Crippen LogP contribution is 2.26. The number of hydrogen-bond donors (Lipinski definition) is 1. The molecule has 5 heteroatoms. The number of methoxy groups -OCH3 is 2. The minimum atomic E-state index is -1.03. The second-order valence-electron chi connectivity index (χ2n) is 5.14. The van der Waals surface area contributed by atoms with Crippen LogP contribution in [0, 0.1) is 6.92 Å². The maximum absolute atomic E-state index is 11.5. The molecule has 0 aliphatic heterocycles. The van der Waals surface area contributed by atoms with Gasteiger partial charge in [0.1, 0.15) is 17.2 Å². The number of hydrogen-bond acceptors (Lipinski definition) is 4. The zero-order valence-corrected chi connectivity index (χ0v) is 13.4. The predicted molar refractivity (Wildman–Crippen MR) is 86.5 cm³/mol. The van der Waals surface area contributed by atoms with Crippen LogP contribution in [0.25, 0.3) is 0 Å². The minimum Gasteiger partial charge on any atom is -0.497 e. The number of rotatable bonds is 7. The Bertz CT molecular complexity index is 664. The van der Waals surface area contributed by atoms with E-state index in [4.69, 9.17) is 14.2 Å². The van der Waals surface area contributed by atoms with Crippen LogP contribution in [0.15, 0.2) is 42.5 Å². The lowest BCUT2D eigenvalue weighted by Crippen LogP contribution is -2.29. The largest absolute Gasteiger partial charge is 0.497 e. The van der Waals surface area contributed by atoms with E-state index in [1.54, 1.807) is 44.6 Å². The van der Waals surface area contributed by atoms with Crippen LogP contribution in [-0.2, 0) is 11.2 Å². The Morgan fingerprint density at radius 2 is 1.70 bits per heavy atom. The molecule has 0 heterocycles. The van der Waals surface area contributed by atoms with Gasteiger partial charge >= 0.3 is 5.97 Å². The van der Waals surface area contributed by atoms with Gasteiger partial charge in [0, 0.05) is 12.0 Å². The lowest BCUT2D eigenvalue weighted by atomic mass is 10.1. The molecule has 0 spiro atoms. The first-order chi connectivity index (χ1) is 11.0. The number of ether oxygens (including phenoxy) is 3. The van der Waals surface area contributed by atoms with Crippen LogP contribution in [0.2, 0.25) is 0 Å². The van der Waals surface area contributed by atoms with Crippen LogP contribution in [-0.4, -0.2) is 31.4 Å². The first-order valence-electron chi connectivity index (χ1n) is 7.20. The van der Waals surface area contributed by atoms with Crippen molar-refractivity contribution in [2.75, 3.05) is 14.2 Å². The van der Waals surface area contributed by atoms with Gasteiger partial charge in [0.05, 0.1) is 14.2 Å². The minimum absolute atomic E-state index is 0.170. The van der Waals surface area contributed by atoms with Gasteiger partial charge in [-0.15, -0.1) is 0 Å². The summed E-state index contributed by atoms with van der Waals surface area (Å²) in [4.78, 5) is 11.5. The number of aliphatic carboxylic acids is 1. The van der Waals surface area contributed by atoms with Crippen molar-refractivity contribution in [1.82, 2.24) is 0 Å². The lowest BCUT2D eigenvalue weighted by Gasteiger charge is -2.17. The molecule has 23 heavy (non-hydrogen) atoms. The van der Waals surface area contributed by atoms with Crippen molar-refractivity contribution in [3.8, 4) is 17.2 Å². The van der Waals surface area contributed by atoms with E-state index in [2.05, 4.69) is 0 Å². The molecule has 0 aliphatic carbocycles. The van der Waals surface area contributed by atoms with E-state index in [1.807, 2.05) is 19.1 Å². The molecule has 2 aromatic carbocycles. The zero-order valence-electron chi connectivity index (χ0n) is 13.4. The third kappa shape index (κ3) is 4.39. The Hall–Kier alpha value is -2.69. The molecule has 0 fully saturated rings. The zero-order chi connectivity index (χ0) is 16.8. The number of carboxylic acids is 1. The molecule has 0 aromatic heterocycles. The topological polar surface area (TPSA) is 65.0 Å². The average molecular weight is 316 g/mol. The van der Waals surface area contributed by atoms with Crippen LogP contribution in [0.4, 0.5) is 0 Å². The normalized spacial score (nSPS) is 11.6. The Morgan fingerprint density at radius 3 is 2.26 bits per heavy atom. The molecule has 0 saturated carbocycles. The van der Waals surface area contributed by atoms with E-state index in [1.165, 1.54) is 0 Å². The van der Waals surface area contributed by atoms with Gasteiger partial charge in [-0.2, -0.15) is 0 Å². The van der Waals surface area contributed by atoms with Gasteiger partial charge in [-0.1, -0.05) is 17.7 Å². The van der Waals surface area contributed by atoms with E-state index in [0.717, 1.165) is 5.56 Å². The molecule has 0 aliphatic rings. The standard InChI is InChI=1S/C18H20O5/c1-12-4-6-14(7-5-12)23-17(18(19)20)11-13-10-15(21-2)8-9-16(13)22-3/h4-10,17H,11H2,1-3H3,(H,19,20)/t17-/m0/s1. The van der Waals surface area contributed by atoms with Gasteiger partial charge in [-0.25, -0.2) is 4.79 Å². The van der Waals surface area contributed by atoms with Crippen molar-refractivity contribution in [3.05, 3.63) is 53.6 Å². The fourth-order valence-electron chi connectivity index (χ4n) is 2.20. The van der Waals surface area contributed by atoms with Gasteiger partial charge in [0.2, 0.25) is 0 Å². The molecule has 2 rings (SSSR count). The molecule has 2 aromatic rings. The van der Waals surface area contributed by atoms with Crippen LogP contribution in [0.3, 0.4) is 0 Å². The Kier molecular flexibility index (Phi) is 5.46. The Labute approximate surface area is 135 Å². The lowest BCUT2D eigenvalue weighted by molar-refractivity contribution is -0.145. The van der Waals surface area contributed by atoms with E-state index < -0.39 is 12.1 Å². The van der Waals surface area contributed by atoms with Crippen molar-refractivity contribution in [2.45, 2.75) is 19.4 Å². The smallest absolute Gasteiger partial charge is 0.345 e. The molecule has 1 atom stereocenters. The summed E-state index contributed by atoms with van der Waals surface area (Å²) in [5.74, 6) is 0.727. The summed E-state index contributed by atoms with van der Waals surface area (Å²) in [6.45, 7) is 1.96. The third-order valence-corrected chi connectivity index (χ3v) is 3.47. The molecular weight excluding hydrogens is 296 g/mol. The van der Waals surface area contributed by atoms with Crippen molar-refractivity contribution < 1.29 is 24.1 Å². The third-order valence-electron chi connectivity index (χ3n) is 3.47. The highest BCUT2D eigenvalue weighted by Gasteiger charge is 2.22. The van der Waals surface area contributed by atoms with Gasteiger partial charge in [-0.3, -0.25) is 0 Å². The molecule has 5 nitrogen and oxygen atoms in total. The number of carboxylic acid groups (broad SMARTS) is 1. The van der Waals surface area contributed by atoms with Crippen molar-refractivity contribution in [1.29, 1.82) is 0 Å². The molecule has 1 N–H and O–H groups in total. The van der Waals surface area contributed by atoms with E-state index >= 15 is 0 Å². The average Bonchev–Trinajstić information content (AvgIpc) is 2.56. The molecule has 0 saturated heterocycles. The van der Waals surface area contributed by atoms with Crippen molar-refractivity contribution in [3.63, 3.8) is 0 Å². The highest BCUT2D eigenvalue weighted by atomic mass is 16.5. The van der Waals surface area contributed by atoms with Gasteiger partial charge in [0.15, 0.2) is 6.10 Å². The first-order valence-corrected chi connectivity index (χ1v) is 7.20. The fraction of sp³-hybridized carbons (Fsp3) is 0.278. The number of carbonyl (C=O) groups is 1. The summed E-state index contributed by atoms with van der Waals surface area (Å²) in [6.07, 6.45) is -0.845. The summed E-state index contributed by atoms with van der Waals surface area (Å²) in [5, 5.41) is 9.44. The molecule has 0 bridgehead atoms. The summed E-state index contributed by atoms with van der Waals surface area (Å²) < 4.78 is 16.1. The maximum atomic E-state index is 11.5. The van der Waals surface area contributed by atoms with Crippen LogP contribution in [0.5, 0.6) is 17.2 Å². The summed E-state index contributed by atoms with van der Waals surface area (Å²) >= 11 is 0.